The molecule has 0 saturated carbocycles. The summed E-state index contributed by atoms with van der Waals surface area (Å²) in [6.45, 7) is 10.3. The van der Waals surface area contributed by atoms with Crippen LogP contribution in [0.2, 0.25) is 0 Å². The number of para-hydroxylation sites is 1. The zero-order valence-electron chi connectivity index (χ0n) is 15.4. The van der Waals surface area contributed by atoms with Gasteiger partial charge < -0.3 is 4.90 Å². The number of hydrogen-bond donors (Lipinski definition) is 0. The smallest absolute Gasteiger partial charge is 0.255 e. The van der Waals surface area contributed by atoms with Crippen molar-refractivity contribution in [1.29, 1.82) is 0 Å². The summed E-state index contributed by atoms with van der Waals surface area (Å²) >= 11 is 1.70. The molecule has 2 aromatic heterocycles. The molecule has 3 rings (SSSR count). The molecule has 0 spiro atoms. The molecule has 2 heterocycles. The fraction of sp³-hybridized carbons (Fsp3) is 0.333. The number of nitrogens with zero attached hydrogens (tertiary/aromatic N) is 2. The van der Waals surface area contributed by atoms with E-state index in [1.807, 2.05) is 35.2 Å². The van der Waals surface area contributed by atoms with Gasteiger partial charge in [0.1, 0.15) is 0 Å². The summed E-state index contributed by atoms with van der Waals surface area (Å²) in [5.41, 5.74) is 2.46. The van der Waals surface area contributed by atoms with E-state index in [2.05, 4.69) is 46.8 Å². The van der Waals surface area contributed by atoms with Crippen molar-refractivity contribution in [3.63, 3.8) is 0 Å². The van der Waals surface area contributed by atoms with E-state index >= 15 is 0 Å². The molecular formula is C21H24N2OS. The first-order valence-corrected chi connectivity index (χ1v) is 9.49. The highest BCUT2D eigenvalue weighted by Gasteiger charge is 2.24. The Hall–Kier alpha value is -2.20. The molecule has 0 aliphatic heterocycles. The minimum Gasteiger partial charge on any atom is -0.334 e. The van der Waals surface area contributed by atoms with Gasteiger partial charge >= 0.3 is 0 Å². The molecule has 0 unspecified atom stereocenters. The molecule has 0 N–H and O–H groups in total. The molecule has 1 amide bonds. The van der Waals surface area contributed by atoms with Gasteiger partial charge in [0.05, 0.1) is 21.7 Å². The van der Waals surface area contributed by atoms with Crippen LogP contribution in [-0.4, -0.2) is 27.9 Å². The number of amides is 1. The Balaban J connectivity index is 2.20. The SMILES string of the molecule is Cc1ccc(-c2cc(C(=O)N(C(C)C)C(C)C)c3ccccc3n2)s1. The Kier molecular flexibility index (Phi) is 4.91. The van der Waals surface area contributed by atoms with Crippen LogP contribution in [0.5, 0.6) is 0 Å². The topological polar surface area (TPSA) is 33.2 Å². The number of carbonyl (C=O) groups excluding carboxylic acids is 1. The molecule has 0 fully saturated rings. The zero-order valence-corrected chi connectivity index (χ0v) is 16.2. The molecular weight excluding hydrogens is 328 g/mol. The Morgan fingerprint density at radius 3 is 2.32 bits per heavy atom. The highest BCUT2D eigenvalue weighted by Crippen LogP contribution is 2.30. The van der Waals surface area contributed by atoms with Crippen LogP contribution in [0.3, 0.4) is 0 Å². The number of aromatic nitrogens is 1. The molecule has 0 bridgehead atoms. The van der Waals surface area contributed by atoms with Crippen LogP contribution in [0, 0.1) is 6.92 Å². The van der Waals surface area contributed by atoms with Crippen LogP contribution >= 0.6 is 11.3 Å². The maximum absolute atomic E-state index is 13.3. The highest BCUT2D eigenvalue weighted by atomic mass is 32.1. The first-order valence-electron chi connectivity index (χ1n) is 8.67. The van der Waals surface area contributed by atoms with Crippen molar-refractivity contribution in [2.75, 3.05) is 0 Å². The lowest BCUT2D eigenvalue weighted by Crippen LogP contribution is -2.42. The van der Waals surface area contributed by atoms with Crippen LogP contribution in [0.1, 0.15) is 42.9 Å². The van der Waals surface area contributed by atoms with Crippen molar-refractivity contribution in [3.05, 3.63) is 52.9 Å². The molecule has 3 aromatic rings. The maximum Gasteiger partial charge on any atom is 0.255 e. The van der Waals surface area contributed by atoms with Crippen LogP contribution < -0.4 is 0 Å². The van der Waals surface area contributed by atoms with Gasteiger partial charge in [0, 0.05) is 22.3 Å². The second-order valence-corrected chi connectivity index (χ2v) is 8.17. The fourth-order valence-corrected chi connectivity index (χ4v) is 4.08. The average Bonchev–Trinajstić information content (AvgIpc) is 2.99. The lowest BCUT2D eigenvalue weighted by molar-refractivity contribution is 0.0646. The number of aryl methyl sites for hydroxylation is 1. The van der Waals surface area contributed by atoms with Crippen molar-refractivity contribution in [2.24, 2.45) is 0 Å². The summed E-state index contributed by atoms with van der Waals surface area (Å²) in [7, 11) is 0. The van der Waals surface area contributed by atoms with E-state index in [-0.39, 0.29) is 18.0 Å². The summed E-state index contributed by atoms with van der Waals surface area (Å²) in [6, 6.07) is 14.3. The third kappa shape index (κ3) is 3.45. The minimum atomic E-state index is 0.0677. The molecule has 0 saturated heterocycles. The number of thiophene rings is 1. The van der Waals surface area contributed by atoms with E-state index < -0.39 is 0 Å². The molecule has 0 aliphatic rings. The first-order chi connectivity index (χ1) is 11.9. The molecule has 25 heavy (non-hydrogen) atoms. The Bertz CT molecular complexity index is 903. The fourth-order valence-electron chi connectivity index (χ4n) is 3.26. The highest BCUT2D eigenvalue weighted by molar-refractivity contribution is 7.15. The summed E-state index contributed by atoms with van der Waals surface area (Å²) in [5.74, 6) is 0.0677. The molecule has 4 heteroatoms. The largest absolute Gasteiger partial charge is 0.334 e. The van der Waals surface area contributed by atoms with Crippen molar-refractivity contribution < 1.29 is 4.79 Å². The quantitative estimate of drug-likeness (QED) is 0.618. The van der Waals surface area contributed by atoms with Gasteiger partial charge in [-0.2, -0.15) is 0 Å². The molecule has 130 valence electrons. The maximum atomic E-state index is 13.3. The normalized spacial score (nSPS) is 11.5. The van der Waals surface area contributed by atoms with Crippen LogP contribution in [-0.2, 0) is 0 Å². The Morgan fingerprint density at radius 1 is 1.04 bits per heavy atom. The molecule has 0 atom stereocenters. The van der Waals surface area contributed by atoms with Gasteiger partial charge in [-0.3, -0.25) is 4.79 Å². The number of pyridine rings is 1. The van der Waals surface area contributed by atoms with E-state index in [4.69, 9.17) is 4.98 Å². The van der Waals surface area contributed by atoms with Crippen LogP contribution in [0.25, 0.3) is 21.5 Å². The summed E-state index contributed by atoms with van der Waals surface area (Å²) in [4.78, 5) is 22.4. The third-order valence-corrected chi connectivity index (χ3v) is 5.31. The van der Waals surface area contributed by atoms with Crippen molar-refractivity contribution >= 4 is 28.1 Å². The third-order valence-electron chi connectivity index (χ3n) is 4.29. The van der Waals surface area contributed by atoms with Gasteiger partial charge in [-0.05, 0) is 58.9 Å². The second-order valence-electron chi connectivity index (χ2n) is 6.88. The number of fused-ring (bicyclic) bond motifs is 1. The monoisotopic (exact) mass is 352 g/mol. The molecule has 1 aromatic carbocycles. The molecule has 0 aliphatic carbocycles. The molecule has 3 nitrogen and oxygen atoms in total. The predicted octanol–water partition coefficient (Wildman–Crippen LogP) is 5.53. The number of carbonyl (C=O) groups is 1. The van der Waals surface area contributed by atoms with Gasteiger partial charge in [0.25, 0.3) is 5.91 Å². The van der Waals surface area contributed by atoms with Crippen molar-refractivity contribution in [3.8, 4) is 10.6 Å². The van der Waals surface area contributed by atoms with Gasteiger partial charge in [-0.25, -0.2) is 4.98 Å². The van der Waals surface area contributed by atoms with E-state index in [1.165, 1.54) is 4.88 Å². The van der Waals surface area contributed by atoms with Gasteiger partial charge in [-0.1, -0.05) is 18.2 Å². The predicted molar refractivity (Wildman–Crippen MR) is 106 cm³/mol. The number of rotatable bonds is 4. The van der Waals surface area contributed by atoms with E-state index in [1.54, 1.807) is 11.3 Å². The lowest BCUT2D eigenvalue weighted by atomic mass is 10.0. The van der Waals surface area contributed by atoms with Crippen molar-refractivity contribution in [2.45, 2.75) is 46.7 Å². The standard InChI is InChI=1S/C21H24N2OS/c1-13(2)23(14(3)4)21(24)17-12-19(20-11-10-15(5)25-20)22-18-9-7-6-8-16(17)18/h6-14H,1-5H3. The lowest BCUT2D eigenvalue weighted by Gasteiger charge is -2.31. The van der Waals surface area contributed by atoms with E-state index in [0.717, 1.165) is 27.0 Å². The average molecular weight is 353 g/mol. The Labute approximate surface area is 153 Å². The van der Waals surface area contributed by atoms with Gasteiger partial charge in [-0.15, -0.1) is 11.3 Å². The van der Waals surface area contributed by atoms with Crippen molar-refractivity contribution in [1.82, 2.24) is 9.88 Å². The minimum absolute atomic E-state index is 0.0677. The summed E-state index contributed by atoms with van der Waals surface area (Å²) in [6.07, 6.45) is 0. The number of hydrogen-bond acceptors (Lipinski definition) is 3. The first kappa shape index (κ1) is 17.6. The molecule has 0 radical (unpaired) electrons. The number of benzene rings is 1. The second kappa shape index (κ2) is 6.96. The van der Waals surface area contributed by atoms with Crippen LogP contribution in [0.4, 0.5) is 0 Å². The van der Waals surface area contributed by atoms with Crippen LogP contribution in [0.15, 0.2) is 42.5 Å². The van der Waals surface area contributed by atoms with Gasteiger partial charge in [0.2, 0.25) is 0 Å². The van der Waals surface area contributed by atoms with E-state index in [9.17, 15) is 4.79 Å². The summed E-state index contributed by atoms with van der Waals surface area (Å²) in [5, 5.41) is 0.913. The Morgan fingerprint density at radius 2 is 1.72 bits per heavy atom. The summed E-state index contributed by atoms with van der Waals surface area (Å²) < 4.78 is 0. The van der Waals surface area contributed by atoms with Gasteiger partial charge in [0.15, 0.2) is 0 Å². The zero-order chi connectivity index (χ0) is 18.1. The van der Waals surface area contributed by atoms with E-state index in [0.29, 0.717) is 0 Å².